The molecule has 1 aromatic heterocycles. The first kappa shape index (κ1) is 14.2. The van der Waals surface area contributed by atoms with Crippen LogP contribution in [0.2, 0.25) is 0 Å². The fraction of sp³-hybridized carbons (Fsp3) is 0.267. The summed E-state index contributed by atoms with van der Waals surface area (Å²) in [5.74, 6) is -0.515. The number of benzene rings is 1. The van der Waals surface area contributed by atoms with Crippen LogP contribution < -0.4 is 11.2 Å². The van der Waals surface area contributed by atoms with Crippen molar-refractivity contribution >= 4 is 5.91 Å². The van der Waals surface area contributed by atoms with Gasteiger partial charge in [0.15, 0.2) is 0 Å². The molecule has 1 amide bonds. The summed E-state index contributed by atoms with van der Waals surface area (Å²) in [6.45, 7) is 0.599. The van der Waals surface area contributed by atoms with Gasteiger partial charge in [-0.1, -0.05) is 12.1 Å². The third-order valence-corrected chi connectivity index (χ3v) is 3.83. The number of hydrogen-bond donors (Lipinski definition) is 2. The van der Waals surface area contributed by atoms with Crippen molar-refractivity contribution in [3.8, 4) is 0 Å². The summed E-state index contributed by atoms with van der Waals surface area (Å²) < 4.78 is 12.9. The molecular weight excluding hydrogens is 289 g/mol. The largest absolute Gasteiger partial charge is 0.335 e. The maximum absolute atomic E-state index is 12.9. The third kappa shape index (κ3) is 2.69. The molecule has 3 rings (SSSR count). The van der Waals surface area contributed by atoms with Crippen molar-refractivity contribution in [2.24, 2.45) is 0 Å². The van der Waals surface area contributed by atoms with E-state index >= 15 is 0 Å². The lowest BCUT2D eigenvalue weighted by atomic mass is 9.94. The lowest BCUT2D eigenvalue weighted by Gasteiger charge is -2.41. The fourth-order valence-corrected chi connectivity index (χ4v) is 2.55. The Hall–Kier alpha value is -2.70. The molecule has 1 unspecified atom stereocenters. The topological polar surface area (TPSA) is 86.0 Å². The van der Waals surface area contributed by atoms with Crippen LogP contribution in [-0.2, 0) is 11.2 Å². The fourth-order valence-electron chi connectivity index (χ4n) is 2.55. The molecule has 1 aromatic carbocycles. The Kier molecular flexibility index (Phi) is 3.62. The van der Waals surface area contributed by atoms with Gasteiger partial charge in [-0.2, -0.15) is 0 Å². The Morgan fingerprint density at radius 1 is 1.27 bits per heavy atom. The number of halogens is 1. The summed E-state index contributed by atoms with van der Waals surface area (Å²) in [5.41, 5.74) is -0.0731. The summed E-state index contributed by atoms with van der Waals surface area (Å²) in [6.07, 6.45) is 1.98. The highest BCUT2D eigenvalue weighted by Crippen LogP contribution is 2.33. The molecule has 0 saturated carbocycles. The van der Waals surface area contributed by atoms with Crippen molar-refractivity contribution < 1.29 is 9.18 Å². The maximum atomic E-state index is 12.9. The SMILES string of the molecule is O=C(Cc1c[nH]c(=O)[nH]c1=O)N1CCC1c1ccc(F)cc1. The number of nitrogens with one attached hydrogen (secondary N) is 2. The molecule has 0 radical (unpaired) electrons. The van der Waals surface area contributed by atoms with E-state index in [1.54, 1.807) is 17.0 Å². The standard InChI is InChI=1S/C15H14FN3O3/c16-11-3-1-9(2-4-11)12-5-6-19(12)13(20)7-10-8-17-15(22)18-14(10)21/h1-4,8,12H,5-7H2,(H2,17,18,21,22). The number of aromatic nitrogens is 2. The number of carbonyl (C=O) groups is 1. The van der Waals surface area contributed by atoms with Crippen LogP contribution in [0, 0.1) is 5.82 Å². The van der Waals surface area contributed by atoms with Gasteiger partial charge in [0.05, 0.1) is 12.5 Å². The number of hydrogen-bond acceptors (Lipinski definition) is 3. The molecule has 22 heavy (non-hydrogen) atoms. The molecule has 1 fully saturated rings. The lowest BCUT2D eigenvalue weighted by molar-refractivity contribution is -0.138. The first-order chi connectivity index (χ1) is 10.5. The number of aromatic amines is 2. The van der Waals surface area contributed by atoms with E-state index in [4.69, 9.17) is 0 Å². The van der Waals surface area contributed by atoms with Crippen LogP contribution in [0.3, 0.4) is 0 Å². The Labute approximate surface area is 124 Å². The molecule has 2 N–H and O–H groups in total. The minimum absolute atomic E-state index is 0.0796. The van der Waals surface area contributed by atoms with Gasteiger partial charge in [-0.15, -0.1) is 0 Å². The Bertz CT molecular complexity index is 810. The molecule has 0 bridgehead atoms. The lowest BCUT2D eigenvalue weighted by Crippen LogP contribution is -2.46. The highest BCUT2D eigenvalue weighted by Gasteiger charge is 2.33. The predicted molar refractivity (Wildman–Crippen MR) is 76.9 cm³/mol. The van der Waals surface area contributed by atoms with Gasteiger partial charge in [-0.25, -0.2) is 9.18 Å². The number of likely N-dealkylation sites (tertiary alicyclic amines) is 1. The highest BCUT2D eigenvalue weighted by molar-refractivity contribution is 5.79. The first-order valence-corrected chi connectivity index (χ1v) is 6.90. The predicted octanol–water partition coefficient (Wildman–Crippen LogP) is 0.718. The summed E-state index contributed by atoms with van der Waals surface area (Å²) in [4.78, 5) is 40.9. The molecule has 2 aromatic rings. The Morgan fingerprint density at radius 3 is 2.59 bits per heavy atom. The number of H-pyrrole nitrogens is 2. The van der Waals surface area contributed by atoms with Crippen LogP contribution in [0.15, 0.2) is 40.1 Å². The van der Waals surface area contributed by atoms with E-state index in [9.17, 15) is 18.8 Å². The van der Waals surface area contributed by atoms with Gasteiger partial charge in [0.25, 0.3) is 5.56 Å². The third-order valence-electron chi connectivity index (χ3n) is 3.83. The number of carbonyl (C=O) groups excluding carboxylic acids is 1. The second kappa shape index (κ2) is 5.59. The van der Waals surface area contributed by atoms with E-state index in [1.807, 2.05) is 0 Å². The first-order valence-electron chi connectivity index (χ1n) is 6.90. The molecule has 6 nitrogen and oxygen atoms in total. The summed E-state index contributed by atoms with van der Waals surface area (Å²) in [6, 6.07) is 5.96. The maximum Gasteiger partial charge on any atom is 0.325 e. The minimum atomic E-state index is -0.602. The second-order valence-electron chi connectivity index (χ2n) is 5.22. The summed E-state index contributed by atoms with van der Waals surface area (Å²) in [5, 5.41) is 0. The molecule has 0 aliphatic carbocycles. The van der Waals surface area contributed by atoms with Crippen molar-refractivity contribution in [2.45, 2.75) is 18.9 Å². The van der Waals surface area contributed by atoms with Crippen molar-refractivity contribution in [1.82, 2.24) is 14.9 Å². The van der Waals surface area contributed by atoms with E-state index in [0.717, 1.165) is 12.0 Å². The molecule has 0 spiro atoms. The minimum Gasteiger partial charge on any atom is -0.335 e. The van der Waals surface area contributed by atoms with Gasteiger partial charge < -0.3 is 9.88 Å². The van der Waals surface area contributed by atoms with Crippen molar-refractivity contribution in [1.29, 1.82) is 0 Å². The Balaban J connectivity index is 1.74. The zero-order valence-electron chi connectivity index (χ0n) is 11.6. The van der Waals surface area contributed by atoms with Gasteiger partial charge in [-0.05, 0) is 24.1 Å². The van der Waals surface area contributed by atoms with Crippen molar-refractivity contribution in [2.75, 3.05) is 6.54 Å². The smallest absolute Gasteiger partial charge is 0.325 e. The van der Waals surface area contributed by atoms with E-state index in [2.05, 4.69) is 9.97 Å². The zero-order chi connectivity index (χ0) is 15.7. The van der Waals surface area contributed by atoms with Gasteiger partial charge in [0, 0.05) is 18.3 Å². The molecule has 2 heterocycles. The number of amides is 1. The van der Waals surface area contributed by atoms with Crippen LogP contribution in [-0.4, -0.2) is 27.3 Å². The molecule has 114 valence electrons. The van der Waals surface area contributed by atoms with Crippen LogP contribution >= 0.6 is 0 Å². The van der Waals surface area contributed by atoms with Crippen LogP contribution in [0.1, 0.15) is 23.6 Å². The molecule has 1 atom stereocenters. The molecule has 7 heteroatoms. The summed E-state index contributed by atoms with van der Waals surface area (Å²) >= 11 is 0. The van der Waals surface area contributed by atoms with Crippen LogP contribution in [0.25, 0.3) is 0 Å². The van der Waals surface area contributed by atoms with Crippen molar-refractivity contribution in [3.63, 3.8) is 0 Å². The highest BCUT2D eigenvalue weighted by atomic mass is 19.1. The average molecular weight is 303 g/mol. The number of rotatable bonds is 3. The Morgan fingerprint density at radius 2 is 2.00 bits per heavy atom. The molecule has 1 saturated heterocycles. The van der Waals surface area contributed by atoms with Gasteiger partial charge in [0.2, 0.25) is 5.91 Å². The van der Waals surface area contributed by atoms with E-state index < -0.39 is 11.2 Å². The van der Waals surface area contributed by atoms with E-state index in [-0.39, 0.29) is 29.8 Å². The van der Waals surface area contributed by atoms with E-state index in [1.165, 1.54) is 18.3 Å². The zero-order valence-corrected chi connectivity index (χ0v) is 11.6. The van der Waals surface area contributed by atoms with Gasteiger partial charge in [0.1, 0.15) is 5.82 Å². The van der Waals surface area contributed by atoms with Gasteiger partial charge >= 0.3 is 5.69 Å². The quantitative estimate of drug-likeness (QED) is 0.876. The van der Waals surface area contributed by atoms with Crippen LogP contribution in [0.4, 0.5) is 4.39 Å². The monoisotopic (exact) mass is 303 g/mol. The molecule has 1 aliphatic rings. The van der Waals surface area contributed by atoms with Gasteiger partial charge in [-0.3, -0.25) is 14.6 Å². The second-order valence-corrected chi connectivity index (χ2v) is 5.22. The molecular formula is C15H14FN3O3. The number of nitrogens with zero attached hydrogens (tertiary/aromatic N) is 1. The van der Waals surface area contributed by atoms with E-state index in [0.29, 0.717) is 6.54 Å². The van der Waals surface area contributed by atoms with Crippen LogP contribution in [0.5, 0.6) is 0 Å². The van der Waals surface area contributed by atoms with Crippen molar-refractivity contribution in [3.05, 3.63) is 68.2 Å². The normalized spacial score (nSPS) is 17.1. The molecule has 1 aliphatic heterocycles. The average Bonchev–Trinajstić information content (AvgIpc) is 2.43. The summed E-state index contributed by atoms with van der Waals surface area (Å²) in [7, 11) is 0.